The molecule has 1 heterocycles. The lowest BCUT2D eigenvalue weighted by atomic mass is 9.76. The first-order valence-electron chi connectivity index (χ1n) is 7.02. The van der Waals surface area contributed by atoms with Gasteiger partial charge in [-0.15, -0.1) is 0 Å². The Hall–Kier alpha value is -0.570. The van der Waals surface area contributed by atoms with E-state index in [4.69, 9.17) is 5.73 Å². The minimum absolute atomic E-state index is 0.209. The van der Waals surface area contributed by atoms with E-state index < -0.39 is 5.54 Å². The minimum Gasteiger partial charge on any atom is -0.338 e. The Morgan fingerprint density at radius 3 is 2.53 bits per heavy atom. The fourth-order valence-corrected chi connectivity index (χ4v) is 3.66. The third-order valence-electron chi connectivity index (χ3n) is 4.50. The van der Waals surface area contributed by atoms with Gasteiger partial charge in [0.1, 0.15) is 0 Å². The monoisotopic (exact) mass is 238 g/mol. The van der Waals surface area contributed by atoms with Gasteiger partial charge in [-0.3, -0.25) is 4.79 Å². The molecule has 0 bridgehead atoms. The van der Waals surface area contributed by atoms with Gasteiger partial charge in [-0.1, -0.05) is 26.7 Å². The zero-order valence-corrected chi connectivity index (χ0v) is 11.4. The van der Waals surface area contributed by atoms with Crippen LogP contribution >= 0.6 is 0 Å². The number of nitrogens with two attached hydrogens (primary N) is 1. The second-order valence-corrected chi connectivity index (χ2v) is 6.51. The van der Waals surface area contributed by atoms with Crippen LogP contribution in [0.4, 0.5) is 0 Å². The van der Waals surface area contributed by atoms with Crippen LogP contribution in [0.2, 0.25) is 0 Å². The molecule has 1 aliphatic carbocycles. The Balaban J connectivity index is 2.08. The minimum atomic E-state index is -0.573. The average Bonchev–Trinajstić information content (AvgIpc) is 2.56. The number of carbonyl (C=O) groups is 1. The predicted molar refractivity (Wildman–Crippen MR) is 69.5 cm³/mol. The van der Waals surface area contributed by atoms with Gasteiger partial charge in [-0.05, 0) is 38.0 Å². The first-order valence-corrected chi connectivity index (χ1v) is 7.02. The lowest BCUT2D eigenvalue weighted by Crippen LogP contribution is -2.58. The molecule has 2 rings (SSSR count). The molecule has 0 aromatic rings. The SMILES string of the molecule is CC1CC(C)N(C(=O)C2(N)CCCC(C)C2)C1. The molecule has 4 atom stereocenters. The van der Waals surface area contributed by atoms with Crippen molar-refractivity contribution in [2.24, 2.45) is 17.6 Å². The van der Waals surface area contributed by atoms with Crippen LogP contribution in [-0.4, -0.2) is 28.9 Å². The van der Waals surface area contributed by atoms with E-state index in [1.165, 1.54) is 6.42 Å². The van der Waals surface area contributed by atoms with Crippen molar-refractivity contribution in [2.45, 2.75) is 64.5 Å². The van der Waals surface area contributed by atoms with Crippen molar-refractivity contribution in [3.05, 3.63) is 0 Å². The van der Waals surface area contributed by atoms with E-state index in [1.54, 1.807) is 0 Å². The number of rotatable bonds is 1. The molecular formula is C14H26N2O. The number of carbonyl (C=O) groups excluding carboxylic acids is 1. The van der Waals surface area contributed by atoms with E-state index in [1.807, 2.05) is 4.90 Å². The molecule has 3 heteroatoms. The highest BCUT2D eigenvalue weighted by Gasteiger charge is 2.43. The predicted octanol–water partition coefficient (Wildman–Crippen LogP) is 2.15. The Labute approximate surface area is 105 Å². The van der Waals surface area contributed by atoms with Gasteiger partial charge in [0.25, 0.3) is 0 Å². The van der Waals surface area contributed by atoms with Crippen LogP contribution < -0.4 is 5.73 Å². The van der Waals surface area contributed by atoms with E-state index in [9.17, 15) is 4.79 Å². The number of hydrogen-bond donors (Lipinski definition) is 1. The van der Waals surface area contributed by atoms with Gasteiger partial charge in [-0.2, -0.15) is 0 Å². The lowest BCUT2D eigenvalue weighted by Gasteiger charge is -2.39. The molecule has 1 aliphatic heterocycles. The van der Waals surface area contributed by atoms with E-state index in [0.29, 0.717) is 17.9 Å². The highest BCUT2D eigenvalue weighted by Crippen LogP contribution is 2.34. The molecule has 0 aromatic carbocycles. The third kappa shape index (κ3) is 2.49. The summed E-state index contributed by atoms with van der Waals surface area (Å²) in [7, 11) is 0. The van der Waals surface area contributed by atoms with Crippen LogP contribution in [0.5, 0.6) is 0 Å². The fourth-order valence-electron chi connectivity index (χ4n) is 3.66. The average molecular weight is 238 g/mol. The maximum absolute atomic E-state index is 12.6. The molecule has 2 fully saturated rings. The van der Waals surface area contributed by atoms with Gasteiger partial charge in [0.05, 0.1) is 5.54 Å². The van der Waals surface area contributed by atoms with Crippen molar-refractivity contribution in [3.63, 3.8) is 0 Å². The molecule has 2 aliphatic rings. The van der Waals surface area contributed by atoms with Crippen LogP contribution in [0.3, 0.4) is 0 Å². The first kappa shape index (κ1) is 12.9. The Morgan fingerprint density at radius 1 is 1.29 bits per heavy atom. The summed E-state index contributed by atoms with van der Waals surface area (Å²) in [6.07, 6.45) is 5.17. The zero-order chi connectivity index (χ0) is 12.6. The smallest absolute Gasteiger partial charge is 0.242 e. The van der Waals surface area contributed by atoms with Crippen molar-refractivity contribution in [2.75, 3.05) is 6.54 Å². The number of likely N-dealkylation sites (tertiary alicyclic amines) is 1. The van der Waals surface area contributed by atoms with E-state index >= 15 is 0 Å². The number of amides is 1. The zero-order valence-electron chi connectivity index (χ0n) is 11.4. The van der Waals surface area contributed by atoms with Gasteiger partial charge >= 0.3 is 0 Å². The normalized spacial score (nSPS) is 42.8. The van der Waals surface area contributed by atoms with Crippen molar-refractivity contribution < 1.29 is 4.79 Å². The van der Waals surface area contributed by atoms with Gasteiger partial charge in [0, 0.05) is 12.6 Å². The van der Waals surface area contributed by atoms with Gasteiger partial charge in [0.15, 0.2) is 0 Å². The number of hydrogen-bond acceptors (Lipinski definition) is 2. The van der Waals surface area contributed by atoms with Crippen LogP contribution in [0.15, 0.2) is 0 Å². The highest BCUT2D eigenvalue weighted by molar-refractivity contribution is 5.86. The molecular weight excluding hydrogens is 212 g/mol. The summed E-state index contributed by atoms with van der Waals surface area (Å²) in [5.74, 6) is 1.42. The second kappa shape index (κ2) is 4.60. The third-order valence-corrected chi connectivity index (χ3v) is 4.50. The fraction of sp³-hybridized carbons (Fsp3) is 0.929. The molecule has 4 unspecified atom stereocenters. The highest BCUT2D eigenvalue weighted by atomic mass is 16.2. The van der Waals surface area contributed by atoms with E-state index in [-0.39, 0.29) is 5.91 Å². The summed E-state index contributed by atoms with van der Waals surface area (Å²) in [5, 5.41) is 0. The molecule has 98 valence electrons. The van der Waals surface area contributed by atoms with Crippen LogP contribution in [-0.2, 0) is 4.79 Å². The molecule has 3 nitrogen and oxygen atoms in total. The first-order chi connectivity index (χ1) is 7.92. The summed E-state index contributed by atoms with van der Waals surface area (Å²) >= 11 is 0. The summed E-state index contributed by atoms with van der Waals surface area (Å²) < 4.78 is 0. The van der Waals surface area contributed by atoms with Crippen molar-refractivity contribution in [1.29, 1.82) is 0 Å². The summed E-state index contributed by atoms with van der Waals surface area (Å²) in [6.45, 7) is 7.48. The maximum Gasteiger partial charge on any atom is 0.242 e. The molecule has 1 saturated heterocycles. The summed E-state index contributed by atoms with van der Waals surface area (Å²) in [6, 6.07) is 0.371. The lowest BCUT2D eigenvalue weighted by molar-refractivity contribution is -0.139. The van der Waals surface area contributed by atoms with Crippen molar-refractivity contribution in [1.82, 2.24) is 4.90 Å². The quantitative estimate of drug-likeness (QED) is 0.761. The van der Waals surface area contributed by atoms with Crippen LogP contribution in [0.25, 0.3) is 0 Å². The summed E-state index contributed by atoms with van der Waals surface area (Å²) in [5.41, 5.74) is 5.82. The molecule has 1 amide bonds. The van der Waals surface area contributed by atoms with Crippen molar-refractivity contribution >= 4 is 5.91 Å². The van der Waals surface area contributed by atoms with Crippen LogP contribution in [0.1, 0.15) is 52.9 Å². The Kier molecular flexibility index (Phi) is 3.48. The standard InChI is InChI=1S/C14H26N2O/c1-10-5-4-6-14(15,8-10)13(17)16-9-11(2)7-12(16)3/h10-12H,4-9,15H2,1-3H3. The molecule has 1 saturated carbocycles. The maximum atomic E-state index is 12.6. The topological polar surface area (TPSA) is 46.3 Å². The number of nitrogens with zero attached hydrogens (tertiary/aromatic N) is 1. The van der Waals surface area contributed by atoms with Gasteiger partial charge < -0.3 is 10.6 Å². The molecule has 17 heavy (non-hydrogen) atoms. The van der Waals surface area contributed by atoms with E-state index in [2.05, 4.69) is 20.8 Å². The Morgan fingerprint density at radius 2 is 2.00 bits per heavy atom. The largest absolute Gasteiger partial charge is 0.338 e. The van der Waals surface area contributed by atoms with E-state index in [0.717, 1.165) is 32.2 Å². The molecule has 2 N–H and O–H groups in total. The van der Waals surface area contributed by atoms with Crippen LogP contribution in [0, 0.1) is 11.8 Å². The molecule has 0 spiro atoms. The summed E-state index contributed by atoms with van der Waals surface area (Å²) in [4.78, 5) is 14.7. The Bertz CT molecular complexity index is 305. The molecule has 0 aromatic heterocycles. The van der Waals surface area contributed by atoms with Gasteiger partial charge in [-0.25, -0.2) is 0 Å². The van der Waals surface area contributed by atoms with Gasteiger partial charge in [0.2, 0.25) is 5.91 Å². The molecule has 0 radical (unpaired) electrons. The second-order valence-electron chi connectivity index (χ2n) is 6.51. The van der Waals surface area contributed by atoms with Crippen molar-refractivity contribution in [3.8, 4) is 0 Å².